The van der Waals surface area contributed by atoms with E-state index in [9.17, 15) is 13.2 Å². The van der Waals surface area contributed by atoms with Gasteiger partial charge in [-0.05, 0) is 25.1 Å². The molecule has 0 aliphatic rings. The van der Waals surface area contributed by atoms with Crippen LogP contribution in [0, 0.1) is 0 Å². The van der Waals surface area contributed by atoms with E-state index in [2.05, 4.69) is 0 Å². The van der Waals surface area contributed by atoms with Crippen molar-refractivity contribution in [1.29, 1.82) is 0 Å². The van der Waals surface area contributed by atoms with E-state index < -0.39 is 12.7 Å². The van der Waals surface area contributed by atoms with Crippen molar-refractivity contribution < 1.29 is 17.9 Å². The SMILES string of the molecule is COc1ccccc1CCN(C)CC(F)(F)F. The lowest BCUT2D eigenvalue weighted by molar-refractivity contribution is -0.142. The van der Waals surface area contributed by atoms with Crippen molar-refractivity contribution in [3.8, 4) is 5.75 Å². The molecule has 0 unspecified atom stereocenters. The van der Waals surface area contributed by atoms with E-state index >= 15 is 0 Å². The maximum Gasteiger partial charge on any atom is 0.401 e. The molecule has 0 amide bonds. The number of likely N-dealkylation sites (N-methyl/N-ethyl adjacent to an activating group) is 1. The third-order valence-electron chi connectivity index (χ3n) is 2.40. The monoisotopic (exact) mass is 247 g/mol. The minimum Gasteiger partial charge on any atom is -0.496 e. The molecule has 0 saturated heterocycles. The van der Waals surface area contributed by atoms with Crippen LogP contribution >= 0.6 is 0 Å². The van der Waals surface area contributed by atoms with Crippen molar-refractivity contribution >= 4 is 0 Å². The molecule has 0 heterocycles. The Morgan fingerprint density at radius 2 is 1.88 bits per heavy atom. The highest BCUT2D eigenvalue weighted by atomic mass is 19.4. The number of hydrogen-bond acceptors (Lipinski definition) is 2. The maximum atomic E-state index is 12.1. The van der Waals surface area contributed by atoms with Gasteiger partial charge in [0.15, 0.2) is 0 Å². The average Bonchev–Trinajstić information content (AvgIpc) is 2.24. The Balaban J connectivity index is 2.50. The van der Waals surface area contributed by atoms with Crippen LogP contribution in [0.4, 0.5) is 13.2 Å². The first kappa shape index (κ1) is 13.8. The van der Waals surface area contributed by atoms with Crippen LogP contribution in [0.25, 0.3) is 0 Å². The van der Waals surface area contributed by atoms with Crippen LogP contribution < -0.4 is 4.74 Å². The lowest BCUT2D eigenvalue weighted by Crippen LogP contribution is -2.32. The van der Waals surface area contributed by atoms with Crippen molar-refractivity contribution in [3.05, 3.63) is 29.8 Å². The molecule has 0 aliphatic carbocycles. The van der Waals surface area contributed by atoms with E-state index in [0.29, 0.717) is 18.7 Å². The van der Waals surface area contributed by atoms with Gasteiger partial charge in [-0.2, -0.15) is 13.2 Å². The molecular weight excluding hydrogens is 231 g/mol. The predicted molar refractivity (Wildman–Crippen MR) is 60.3 cm³/mol. The minimum absolute atomic E-state index is 0.347. The van der Waals surface area contributed by atoms with E-state index in [1.807, 2.05) is 18.2 Å². The van der Waals surface area contributed by atoms with Gasteiger partial charge in [-0.25, -0.2) is 0 Å². The smallest absolute Gasteiger partial charge is 0.401 e. The normalized spacial score (nSPS) is 11.9. The predicted octanol–water partition coefficient (Wildman–Crippen LogP) is 2.73. The number of methoxy groups -OCH3 is 1. The fourth-order valence-electron chi connectivity index (χ4n) is 1.61. The van der Waals surface area contributed by atoms with Gasteiger partial charge < -0.3 is 4.74 Å². The van der Waals surface area contributed by atoms with Gasteiger partial charge in [0.1, 0.15) is 5.75 Å². The first-order valence-electron chi connectivity index (χ1n) is 5.29. The highest BCUT2D eigenvalue weighted by molar-refractivity contribution is 5.33. The summed E-state index contributed by atoms with van der Waals surface area (Å²) < 4.78 is 41.5. The summed E-state index contributed by atoms with van der Waals surface area (Å²) in [7, 11) is 3.02. The number of halogens is 3. The standard InChI is InChI=1S/C12H16F3NO/c1-16(9-12(13,14)15)8-7-10-5-3-4-6-11(10)17-2/h3-6H,7-9H2,1-2H3. The molecule has 96 valence electrons. The molecular formula is C12H16F3NO. The van der Waals surface area contributed by atoms with Gasteiger partial charge in [0, 0.05) is 6.54 Å². The third-order valence-corrected chi connectivity index (χ3v) is 2.40. The molecule has 1 aromatic carbocycles. The second kappa shape index (κ2) is 5.91. The molecule has 1 aromatic rings. The van der Waals surface area contributed by atoms with E-state index in [-0.39, 0.29) is 0 Å². The number of benzene rings is 1. The van der Waals surface area contributed by atoms with Crippen LogP contribution in [0.2, 0.25) is 0 Å². The van der Waals surface area contributed by atoms with Gasteiger partial charge in [-0.1, -0.05) is 18.2 Å². The van der Waals surface area contributed by atoms with Crippen molar-refractivity contribution in [2.45, 2.75) is 12.6 Å². The highest BCUT2D eigenvalue weighted by Crippen LogP contribution is 2.19. The van der Waals surface area contributed by atoms with Crippen LogP contribution in [-0.2, 0) is 6.42 Å². The Labute approximate surface area is 99.0 Å². The summed E-state index contributed by atoms with van der Waals surface area (Å²) in [5, 5.41) is 0. The Kier molecular flexibility index (Phi) is 4.81. The topological polar surface area (TPSA) is 12.5 Å². The van der Waals surface area contributed by atoms with Crippen molar-refractivity contribution in [1.82, 2.24) is 4.90 Å². The van der Waals surface area contributed by atoms with Crippen LogP contribution in [0.3, 0.4) is 0 Å². The Bertz CT molecular complexity index is 352. The molecule has 0 atom stereocenters. The lowest BCUT2D eigenvalue weighted by Gasteiger charge is -2.18. The third kappa shape index (κ3) is 5.08. The number of rotatable bonds is 5. The largest absolute Gasteiger partial charge is 0.496 e. The van der Waals surface area contributed by atoms with Gasteiger partial charge in [-0.15, -0.1) is 0 Å². The molecule has 0 radical (unpaired) electrons. The van der Waals surface area contributed by atoms with Gasteiger partial charge in [0.2, 0.25) is 0 Å². The summed E-state index contributed by atoms with van der Waals surface area (Å²) in [5.41, 5.74) is 0.920. The first-order chi connectivity index (χ1) is 7.92. The van der Waals surface area contributed by atoms with Crippen LogP contribution in [0.15, 0.2) is 24.3 Å². The molecule has 0 spiro atoms. The molecule has 17 heavy (non-hydrogen) atoms. The van der Waals surface area contributed by atoms with Crippen molar-refractivity contribution in [2.24, 2.45) is 0 Å². The number of alkyl halides is 3. The molecule has 1 rings (SSSR count). The summed E-state index contributed by atoms with van der Waals surface area (Å²) >= 11 is 0. The number of nitrogens with zero attached hydrogens (tertiary/aromatic N) is 1. The van der Waals surface area contributed by atoms with Gasteiger partial charge in [-0.3, -0.25) is 4.90 Å². The van der Waals surface area contributed by atoms with Gasteiger partial charge in [0.05, 0.1) is 13.7 Å². The summed E-state index contributed by atoms with van der Waals surface area (Å²) in [6.45, 7) is -0.540. The molecule has 2 nitrogen and oxygen atoms in total. The Morgan fingerprint density at radius 3 is 2.47 bits per heavy atom. The van der Waals surface area contributed by atoms with E-state index in [1.54, 1.807) is 13.2 Å². The molecule has 0 saturated carbocycles. The molecule has 0 bridgehead atoms. The molecule has 5 heteroatoms. The van der Waals surface area contributed by atoms with Crippen molar-refractivity contribution in [3.63, 3.8) is 0 Å². The number of hydrogen-bond donors (Lipinski definition) is 0. The Hall–Kier alpha value is -1.23. The van der Waals surface area contributed by atoms with E-state index in [4.69, 9.17) is 4.74 Å². The summed E-state index contributed by atoms with van der Waals surface area (Å²) in [6.07, 6.45) is -3.61. The zero-order valence-electron chi connectivity index (χ0n) is 9.92. The van der Waals surface area contributed by atoms with E-state index in [0.717, 1.165) is 5.56 Å². The molecule has 0 aromatic heterocycles. The number of ether oxygens (including phenoxy) is 1. The van der Waals surface area contributed by atoms with Gasteiger partial charge in [0.25, 0.3) is 0 Å². The second-order valence-electron chi connectivity index (χ2n) is 3.91. The fraction of sp³-hybridized carbons (Fsp3) is 0.500. The van der Waals surface area contributed by atoms with Crippen LogP contribution in [0.5, 0.6) is 5.75 Å². The molecule has 0 fully saturated rings. The summed E-state index contributed by atoms with van der Waals surface area (Å²) in [6, 6.07) is 7.35. The molecule has 0 N–H and O–H groups in total. The van der Waals surface area contributed by atoms with Crippen LogP contribution in [0.1, 0.15) is 5.56 Å². The Morgan fingerprint density at radius 1 is 1.24 bits per heavy atom. The maximum absolute atomic E-state index is 12.1. The minimum atomic E-state index is -4.14. The molecule has 0 aliphatic heterocycles. The van der Waals surface area contributed by atoms with Crippen molar-refractivity contribution in [2.75, 3.05) is 27.2 Å². The van der Waals surface area contributed by atoms with E-state index in [1.165, 1.54) is 11.9 Å². The highest BCUT2D eigenvalue weighted by Gasteiger charge is 2.28. The number of para-hydroxylation sites is 1. The lowest BCUT2D eigenvalue weighted by atomic mass is 10.1. The first-order valence-corrected chi connectivity index (χ1v) is 5.29. The van der Waals surface area contributed by atoms with Crippen LogP contribution in [-0.4, -0.2) is 38.3 Å². The fourth-order valence-corrected chi connectivity index (χ4v) is 1.61. The summed E-state index contributed by atoms with van der Waals surface area (Å²) in [4.78, 5) is 1.26. The summed E-state index contributed by atoms with van der Waals surface area (Å²) in [5.74, 6) is 0.716. The quantitative estimate of drug-likeness (QED) is 0.793. The average molecular weight is 247 g/mol. The van der Waals surface area contributed by atoms with Gasteiger partial charge >= 0.3 is 6.18 Å². The second-order valence-corrected chi connectivity index (χ2v) is 3.91. The zero-order chi connectivity index (χ0) is 12.9. The zero-order valence-corrected chi connectivity index (χ0v) is 9.92.